The Hall–Kier alpha value is -7.15. The molecule has 0 atom stereocenters. The smallest absolute Gasteiger partial charge is 0.238 e. The molecular formula is C49H29N5S. The normalized spacial score (nSPS) is 12.0. The molecule has 55 heavy (non-hydrogen) atoms. The number of aromatic nitrogens is 5. The van der Waals surface area contributed by atoms with Gasteiger partial charge in [0.1, 0.15) is 0 Å². The van der Waals surface area contributed by atoms with Crippen molar-refractivity contribution in [3.05, 3.63) is 176 Å². The number of para-hydroxylation sites is 2. The largest absolute Gasteiger partial charge is 0.309 e. The van der Waals surface area contributed by atoms with Crippen LogP contribution in [-0.2, 0) is 0 Å². The van der Waals surface area contributed by atoms with E-state index in [1.54, 1.807) is 0 Å². The van der Waals surface area contributed by atoms with Crippen molar-refractivity contribution in [1.29, 1.82) is 0 Å². The summed E-state index contributed by atoms with van der Waals surface area (Å²) in [5.74, 6) is 1.88. The molecule has 0 radical (unpaired) electrons. The topological polar surface area (TPSA) is 48.5 Å². The number of nitrogens with zero attached hydrogens (tertiary/aromatic N) is 5. The van der Waals surface area contributed by atoms with Crippen LogP contribution in [0.5, 0.6) is 0 Å². The van der Waals surface area contributed by atoms with Gasteiger partial charge in [-0.2, -0.15) is 9.97 Å². The lowest BCUT2D eigenvalue weighted by atomic mass is 10.0. The van der Waals surface area contributed by atoms with Gasteiger partial charge in [0, 0.05) is 58.2 Å². The molecule has 4 heterocycles. The highest BCUT2D eigenvalue weighted by Gasteiger charge is 2.22. The Morgan fingerprint density at radius 2 is 0.982 bits per heavy atom. The molecule has 0 spiro atoms. The molecular weight excluding hydrogens is 691 g/mol. The van der Waals surface area contributed by atoms with E-state index in [0.717, 1.165) is 22.2 Å². The number of fused-ring (bicyclic) bond motifs is 11. The van der Waals surface area contributed by atoms with E-state index in [1.807, 2.05) is 47.7 Å². The molecule has 12 rings (SSSR count). The van der Waals surface area contributed by atoms with Crippen molar-refractivity contribution >= 4 is 85.9 Å². The summed E-state index contributed by atoms with van der Waals surface area (Å²) in [7, 11) is 0. The zero-order chi connectivity index (χ0) is 36.0. The Morgan fingerprint density at radius 1 is 0.364 bits per heavy atom. The molecule has 0 saturated heterocycles. The van der Waals surface area contributed by atoms with Gasteiger partial charge in [-0.1, -0.05) is 133 Å². The Kier molecular flexibility index (Phi) is 6.44. The van der Waals surface area contributed by atoms with Gasteiger partial charge in [-0.05, 0) is 47.9 Å². The minimum absolute atomic E-state index is 0.596. The molecule has 0 bridgehead atoms. The lowest BCUT2D eigenvalue weighted by molar-refractivity contribution is 0.953. The predicted octanol–water partition coefficient (Wildman–Crippen LogP) is 12.9. The van der Waals surface area contributed by atoms with E-state index in [1.165, 1.54) is 69.2 Å². The fourth-order valence-corrected chi connectivity index (χ4v) is 9.69. The molecule has 0 N–H and O–H groups in total. The molecule has 256 valence electrons. The van der Waals surface area contributed by atoms with Gasteiger partial charge in [0.25, 0.3) is 0 Å². The number of hydrogen-bond donors (Lipinski definition) is 0. The van der Waals surface area contributed by atoms with E-state index in [0.29, 0.717) is 17.6 Å². The Morgan fingerprint density at radius 3 is 1.73 bits per heavy atom. The zero-order valence-electron chi connectivity index (χ0n) is 29.4. The fourth-order valence-electron chi connectivity index (χ4n) is 8.56. The number of rotatable bonds is 4. The second kappa shape index (κ2) is 11.7. The third-order valence-corrected chi connectivity index (χ3v) is 12.1. The predicted molar refractivity (Wildman–Crippen MR) is 230 cm³/mol. The van der Waals surface area contributed by atoms with Gasteiger partial charge in [0.15, 0.2) is 11.6 Å². The van der Waals surface area contributed by atoms with Crippen LogP contribution < -0.4 is 0 Å². The lowest BCUT2D eigenvalue weighted by Gasteiger charge is -2.11. The van der Waals surface area contributed by atoms with Gasteiger partial charge in [-0.15, -0.1) is 11.3 Å². The summed E-state index contributed by atoms with van der Waals surface area (Å²) in [6.07, 6.45) is 0. The van der Waals surface area contributed by atoms with Crippen LogP contribution in [0.4, 0.5) is 0 Å². The molecule has 0 saturated carbocycles. The summed E-state index contributed by atoms with van der Waals surface area (Å²) < 4.78 is 7.19. The quantitative estimate of drug-likeness (QED) is 0.182. The SMILES string of the molecule is c1ccc(-c2nc(-c3ccccc3)nc(-n3c4ccccc4c4c5c(ccc43)sc3cc4c(cc35)c3ccccc3n4-c3cccc4ccccc34)n2)cc1. The summed E-state index contributed by atoms with van der Waals surface area (Å²) in [4.78, 5) is 15.3. The first-order chi connectivity index (χ1) is 27.3. The van der Waals surface area contributed by atoms with Crippen LogP contribution in [0.25, 0.3) is 109 Å². The summed E-state index contributed by atoms with van der Waals surface area (Å²) >= 11 is 1.86. The maximum atomic E-state index is 5.17. The number of benzene rings is 8. The van der Waals surface area contributed by atoms with Gasteiger partial charge in [0.05, 0.1) is 27.8 Å². The molecule has 0 fully saturated rings. The molecule has 0 amide bonds. The maximum Gasteiger partial charge on any atom is 0.238 e. The number of thiophene rings is 1. The average molecular weight is 720 g/mol. The van der Waals surface area contributed by atoms with E-state index in [-0.39, 0.29) is 0 Å². The summed E-state index contributed by atoms with van der Waals surface area (Å²) in [5.41, 5.74) is 7.62. The second-order valence-electron chi connectivity index (χ2n) is 14.0. The minimum atomic E-state index is 0.596. The minimum Gasteiger partial charge on any atom is -0.309 e. The Bertz CT molecular complexity index is 3420. The van der Waals surface area contributed by atoms with Crippen LogP contribution in [0.3, 0.4) is 0 Å². The van der Waals surface area contributed by atoms with Crippen LogP contribution >= 0.6 is 11.3 Å². The van der Waals surface area contributed by atoms with Gasteiger partial charge in [-0.25, -0.2) is 4.98 Å². The van der Waals surface area contributed by atoms with Crippen LogP contribution in [-0.4, -0.2) is 24.1 Å². The van der Waals surface area contributed by atoms with E-state index in [9.17, 15) is 0 Å². The highest BCUT2D eigenvalue weighted by Crippen LogP contribution is 2.46. The first-order valence-corrected chi connectivity index (χ1v) is 19.3. The molecule has 6 heteroatoms. The molecule has 0 aliphatic rings. The van der Waals surface area contributed by atoms with Crippen molar-refractivity contribution in [2.45, 2.75) is 0 Å². The highest BCUT2D eigenvalue weighted by molar-refractivity contribution is 7.26. The summed E-state index contributed by atoms with van der Waals surface area (Å²) in [5, 5.41) is 9.86. The molecule has 0 aliphatic carbocycles. The van der Waals surface area contributed by atoms with E-state index >= 15 is 0 Å². The van der Waals surface area contributed by atoms with Gasteiger partial charge in [0.2, 0.25) is 5.95 Å². The van der Waals surface area contributed by atoms with Gasteiger partial charge < -0.3 is 4.57 Å². The molecule has 12 aromatic rings. The van der Waals surface area contributed by atoms with Crippen LogP contribution in [0.15, 0.2) is 176 Å². The third-order valence-electron chi connectivity index (χ3n) is 11.0. The van der Waals surface area contributed by atoms with Crippen LogP contribution in [0, 0.1) is 0 Å². The van der Waals surface area contributed by atoms with E-state index in [4.69, 9.17) is 15.0 Å². The summed E-state index contributed by atoms with van der Waals surface area (Å²) in [6.45, 7) is 0. The second-order valence-corrected chi connectivity index (χ2v) is 15.1. The molecule has 0 unspecified atom stereocenters. The molecule has 0 aliphatic heterocycles. The maximum absolute atomic E-state index is 5.17. The zero-order valence-corrected chi connectivity index (χ0v) is 30.2. The molecule has 5 nitrogen and oxygen atoms in total. The average Bonchev–Trinajstić information content (AvgIpc) is 3.90. The van der Waals surface area contributed by atoms with Crippen molar-refractivity contribution in [1.82, 2.24) is 24.1 Å². The first kappa shape index (κ1) is 30.3. The molecule has 8 aromatic carbocycles. The lowest BCUT2D eigenvalue weighted by Crippen LogP contribution is -2.06. The van der Waals surface area contributed by atoms with Gasteiger partial charge in [-0.3, -0.25) is 4.57 Å². The van der Waals surface area contributed by atoms with Crippen molar-refractivity contribution < 1.29 is 0 Å². The monoisotopic (exact) mass is 719 g/mol. The van der Waals surface area contributed by atoms with E-state index < -0.39 is 0 Å². The third kappa shape index (κ3) is 4.49. The van der Waals surface area contributed by atoms with Crippen molar-refractivity contribution in [2.75, 3.05) is 0 Å². The first-order valence-electron chi connectivity index (χ1n) is 18.5. The Balaban J connectivity index is 1.17. The Labute approximate surface area is 319 Å². The van der Waals surface area contributed by atoms with Crippen molar-refractivity contribution in [2.24, 2.45) is 0 Å². The number of hydrogen-bond acceptors (Lipinski definition) is 4. The van der Waals surface area contributed by atoms with Crippen molar-refractivity contribution in [3.63, 3.8) is 0 Å². The summed E-state index contributed by atoms with van der Waals surface area (Å²) in [6, 6.07) is 62.4. The van der Waals surface area contributed by atoms with E-state index in [2.05, 4.69) is 149 Å². The molecule has 4 aromatic heterocycles. The fraction of sp³-hybridized carbons (Fsp3) is 0. The van der Waals surface area contributed by atoms with Crippen LogP contribution in [0.1, 0.15) is 0 Å². The van der Waals surface area contributed by atoms with Crippen molar-refractivity contribution in [3.8, 4) is 34.4 Å². The van der Waals surface area contributed by atoms with Crippen LogP contribution in [0.2, 0.25) is 0 Å². The standard InChI is InChI=1S/C49H29N5S/c1-3-15-31(16-4-1)47-50-48(32-17-5-2-6-18-32)52-49(51-47)54-40-24-12-10-22-35(40)45-41(54)26-27-43-46(45)37-28-36-34-21-9-11-23-39(34)53(42(36)29-44(37)55-43)38-25-13-19-30-14-7-8-20-33(30)38/h1-29H. The van der Waals surface area contributed by atoms with Gasteiger partial charge >= 0.3 is 0 Å². The highest BCUT2D eigenvalue weighted by atomic mass is 32.1.